The van der Waals surface area contributed by atoms with E-state index in [0.717, 1.165) is 5.82 Å². The summed E-state index contributed by atoms with van der Waals surface area (Å²) >= 11 is 0. The Labute approximate surface area is 155 Å². The molecule has 1 aromatic carbocycles. The highest BCUT2D eigenvalue weighted by Gasteiger charge is 2.26. The van der Waals surface area contributed by atoms with Crippen molar-refractivity contribution >= 4 is 17.4 Å². The Morgan fingerprint density at radius 3 is 2.44 bits per heavy atom. The fourth-order valence-electron chi connectivity index (χ4n) is 3.18. The molecule has 1 fully saturated rings. The van der Waals surface area contributed by atoms with Gasteiger partial charge in [-0.15, -0.1) is 10.2 Å². The zero-order valence-corrected chi connectivity index (χ0v) is 14.6. The molecule has 0 radical (unpaired) electrons. The standard InChI is InChI=1S/C19H19FN6O/c20-15-4-1-2-5-16(15)22-19(27)14-8-12-25(13-9-14)17-6-7-18(24-23-17)26-11-3-10-21-26/h1-7,10-11,14H,8-9,12-13H2,(H,22,27). The van der Waals surface area contributed by atoms with Crippen molar-refractivity contribution in [1.82, 2.24) is 20.0 Å². The van der Waals surface area contributed by atoms with Gasteiger partial charge in [-0.2, -0.15) is 5.10 Å². The number of hydrogen-bond acceptors (Lipinski definition) is 5. The largest absolute Gasteiger partial charge is 0.355 e. The number of anilines is 2. The molecule has 27 heavy (non-hydrogen) atoms. The summed E-state index contributed by atoms with van der Waals surface area (Å²) in [5.41, 5.74) is 0.227. The van der Waals surface area contributed by atoms with E-state index in [9.17, 15) is 9.18 Å². The van der Waals surface area contributed by atoms with Crippen molar-refractivity contribution in [1.29, 1.82) is 0 Å². The minimum Gasteiger partial charge on any atom is -0.355 e. The summed E-state index contributed by atoms with van der Waals surface area (Å²) in [6.45, 7) is 1.40. The predicted octanol–water partition coefficient (Wildman–Crippen LogP) is 2.66. The smallest absolute Gasteiger partial charge is 0.227 e. The second kappa shape index (κ2) is 7.53. The van der Waals surface area contributed by atoms with Gasteiger partial charge in [0.05, 0.1) is 5.69 Å². The van der Waals surface area contributed by atoms with Crippen LogP contribution in [0.25, 0.3) is 5.82 Å². The van der Waals surface area contributed by atoms with Crippen molar-refractivity contribution in [3.8, 4) is 5.82 Å². The number of para-hydroxylation sites is 1. The maximum absolute atomic E-state index is 13.7. The lowest BCUT2D eigenvalue weighted by atomic mass is 9.96. The number of carbonyl (C=O) groups excluding carboxylic acids is 1. The fourth-order valence-corrected chi connectivity index (χ4v) is 3.18. The van der Waals surface area contributed by atoms with Gasteiger partial charge in [-0.25, -0.2) is 9.07 Å². The van der Waals surface area contributed by atoms with E-state index >= 15 is 0 Å². The Bertz CT molecular complexity index is 904. The number of amides is 1. The van der Waals surface area contributed by atoms with E-state index < -0.39 is 5.82 Å². The van der Waals surface area contributed by atoms with Crippen molar-refractivity contribution < 1.29 is 9.18 Å². The molecule has 1 saturated heterocycles. The van der Waals surface area contributed by atoms with E-state index in [-0.39, 0.29) is 17.5 Å². The number of nitrogens with zero attached hydrogens (tertiary/aromatic N) is 5. The summed E-state index contributed by atoms with van der Waals surface area (Å²) in [6.07, 6.45) is 4.86. The van der Waals surface area contributed by atoms with Crippen molar-refractivity contribution in [3.63, 3.8) is 0 Å². The van der Waals surface area contributed by atoms with Crippen LogP contribution >= 0.6 is 0 Å². The van der Waals surface area contributed by atoms with E-state index in [0.29, 0.717) is 31.7 Å². The number of nitrogens with one attached hydrogen (secondary N) is 1. The second-order valence-electron chi connectivity index (χ2n) is 6.43. The first kappa shape index (κ1) is 17.1. The highest BCUT2D eigenvalue weighted by atomic mass is 19.1. The van der Waals surface area contributed by atoms with Crippen LogP contribution in [-0.4, -0.2) is 39.0 Å². The molecule has 1 amide bonds. The second-order valence-corrected chi connectivity index (χ2v) is 6.43. The fraction of sp³-hybridized carbons (Fsp3) is 0.263. The van der Waals surface area contributed by atoms with Gasteiger partial charge in [0.1, 0.15) is 5.82 Å². The third-order valence-electron chi connectivity index (χ3n) is 4.70. The lowest BCUT2D eigenvalue weighted by Crippen LogP contribution is -2.38. The molecular formula is C19H19FN6O. The van der Waals surface area contributed by atoms with E-state index in [4.69, 9.17) is 0 Å². The van der Waals surface area contributed by atoms with Crippen molar-refractivity contribution in [2.45, 2.75) is 12.8 Å². The number of hydrogen-bond donors (Lipinski definition) is 1. The third-order valence-corrected chi connectivity index (χ3v) is 4.70. The van der Waals surface area contributed by atoms with Crippen LogP contribution in [0.15, 0.2) is 54.9 Å². The summed E-state index contributed by atoms with van der Waals surface area (Å²) in [4.78, 5) is 14.5. The number of halogens is 1. The Morgan fingerprint density at radius 2 is 1.78 bits per heavy atom. The van der Waals surface area contributed by atoms with Gasteiger partial charge >= 0.3 is 0 Å². The highest BCUT2D eigenvalue weighted by Crippen LogP contribution is 2.23. The summed E-state index contributed by atoms with van der Waals surface area (Å²) in [7, 11) is 0. The lowest BCUT2D eigenvalue weighted by Gasteiger charge is -2.31. The van der Waals surface area contributed by atoms with Crippen LogP contribution in [0.3, 0.4) is 0 Å². The van der Waals surface area contributed by atoms with Crippen LogP contribution in [0.1, 0.15) is 12.8 Å². The molecule has 7 nitrogen and oxygen atoms in total. The molecule has 0 bridgehead atoms. The molecule has 1 aliphatic heterocycles. The molecule has 8 heteroatoms. The third kappa shape index (κ3) is 3.79. The molecule has 0 aliphatic carbocycles. The van der Waals surface area contributed by atoms with Crippen LogP contribution in [0.2, 0.25) is 0 Å². The zero-order chi connectivity index (χ0) is 18.6. The molecular weight excluding hydrogens is 347 g/mol. The van der Waals surface area contributed by atoms with Crippen LogP contribution in [0.4, 0.5) is 15.9 Å². The average Bonchev–Trinajstić information content (AvgIpc) is 3.25. The van der Waals surface area contributed by atoms with E-state index in [1.165, 1.54) is 6.07 Å². The van der Waals surface area contributed by atoms with Gasteiger partial charge in [0.2, 0.25) is 5.91 Å². The van der Waals surface area contributed by atoms with E-state index in [1.807, 2.05) is 24.4 Å². The van der Waals surface area contributed by atoms with Crippen molar-refractivity contribution in [2.75, 3.05) is 23.3 Å². The minimum absolute atomic E-state index is 0.139. The molecule has 3 aromatic rings. The highest BCUT2D eigenvalue weighted by molar-refractivity contribution is 5.92. The number of rotatable bonds is 4. The Balaban J connectivity index is 1.34. The Morgan fingerprint density at radius 1 is 1.04 bits per heavy atom. The van der Waals surface area contributed by atoms with E-state index in [1.54, 1.807) is 29.1 Å². The Kier molecular flexibility index (Phi) is 4.78. The van der Waals surface area contributed by atoms with Crippen molar-refractivity contribution in [3.05, 3.63) is 60.7 Å². The topological polar surface area (TPSA) is 75.9 Å². The molecule has 138 valence electrons. The van der Waals surface area contributed by atoms with Gasteiger partial charge in [0, 0.05) is 31.4 Å². The summed E-state index contributed by atoms with van der Waals surface area (Å²) in [6, 6.07) is 11.8. The van der Waals surface area contributed by atoms with Crippen LogP contribution in [0, 0.1) is 11.7 Å². The SMILES string of the molecule is O=C(Nc1ccccc1F)C1CCN(c2ccc(-n3cccn3)nn2)CC1. The first-order valence-corrected chi connectivity index (χ1v) is 8.85. The molecule has 0 unspecified atom stereocenters. The zero-order valence-electron chi connectivity index (χ0n) is 14.6. The normalized spacial score (nSPS) is 14.9. The van der Waals surface area contributed by atoms with Gasteiger partial charge in [-0.1, -0.05) is 12.1 Å². The number of aromatic nitrogens is 4. The minimum atomic E-state index is -0.421. The van der Waals surface area contributed by atoms with Crippen LogP contribution in [0.5, 0.6) is 0 Å². The molecule has 0 saturated carbocycles. The summed E-state index contributed by atoms with van der Waals surface area (Å²) in [5.74, 6) is 0.731. The maximum Gasteiger partial charge on any atom is 0.227 e. The van der Waals surface area contributed by atoms with Gasteiger partial charge in [0.15, 0.2) is 11.6 Å². The van der Waals surface area contributed by atoms with E-state index in [2.05, 4.69) is 25.5 Å². The average molecular weight is 366 g/mol. The number of carbonyl (C=O) groups is 1. The molecule has 2 aromatic heterocycles. The molecule has 3 heterocycles. The lowest BCUT2D eigenvalue weighted by molar-refractivity contribution is -0.120. The Hall–Kier alpha value is -3.29. The van der Waals surface area contributed by atoms with Gasteiger partial charge < -0.3 is 10.2 Å². The number of benzene rings is 1. The first-order chi connectivity index (χ1) is 13.2. The molecule has 4 rings (SSSR count). The quantitative estimate of drug-likeness (QED) is 0.768. The van der Waals surface area contributed by atoms with Gasteiger partial charge in [0.25, 0.3) is 0 Å². The molecule has 1 N–H and O–H groups in total. The first-order valence-electron chi connectivity index (χ1n) is 8.85. The van der Waals surface area contributed by atoms with Crippen molar-refractivity contribution in [2.24, 2.45) is 5.92 Å². The van der Waals surface area contributed by atoms with Crippen LogP contribution in [-0.2, 0) is 4.79 Å². The molecule has 0 atom stereocenters. The molecule has 0 spiro atoms. The summed E-state index contributed by atoms with van der Waals surface area (Å²) in [5, 5.41) is 15.3. The number of piperidine rings is 1. The monoisotopic (exact) mass is 366 g/mol. The molecule has 1 aliphatic rings. The van der Waals surface area contributed by atoms with Gasteiger partial charge in [-0.3, -0.25) is 4.79 Å². The maximum atomic E-state index is 13.7. The summed E-state index contributed by atoms with van der Waals surface area (Å²) < 4.78 is 15.3. The van der Waals surface area contributed by atoms with Crippen LogP contribution < -0.4 is 10.2 Å². The predicted molar refractivity (Wildman–Crippen MR) is 99.1 cm³/mol. The van der Waals surface area contributed by atoms with Gasteiger partial charge in [-0.05, 0) is 43.2 Å².